The van der Waals surface area contributed by atoms with Gasteiger partial charge in [-0.05, 0) is 19.9 Å². The molecule has 0 fully saturated rings. The summed E-state index contributed by atoms with van der Waals surface area (Å²) in [6, 6.07) is 7.93. The van der Waals surface area contributed by atoms with Crippen LogP contribution in [0.3, 0.4) is 0 Å². The third-order valence-electron chi connectivity index (χ3n) is 3.88. The number of nitrogens with one attached hydrogen (secondary N) is 2. The molecular formula is C18H28N6O2. The zero-order valence-corrected chi connectivity index (χ0v) is 16.0. The number of aliphatic imine (C=N–C) groups is 1. The van der Waals surface area contributed by atoms with E-state index in [1.165, 1.54) is 0 Å². The van der Waals surface area contributed by atoms with Crippen molar-refractivity contribution in [2.45, 2.75) is 26.9 Å². The van der Waals surface area contributed by atoms with Gasteiger partial charge in [-0.15, -0.1) is 10.2 Å². The van der Waals surface area contributed by atoms with Crippen LogP contribution in [-0.4, -0.2) is 47.6 Å². The molecule has 0 saturated heterocycles. The molecule has 2 aromatic rings. The molecule has 8 nitrogen and oxygen atoms in total. The van der Waals surface area contributed by atoms with Crippen LogP contribution < -0.4 is 15.4 Å². The Bertz CT molecular complexity index is 713. The highest BCUT2D eigenvalue weighted by molar-refractivity contribution is 5.79. The first kappa shape index (κ1) is 19.7. The van der Waals surface area contributed by atoms with E-state index in [1.807, 2.05) is 49.7 Å². The van der Waals surface area contributed by atoms with Crippen molar-refractivity contribution in [3.05, 3.63) is 41.5 Å². The molecular weight excluding hydrogens is 332 g/mol. The Balaban J connectivity index is 2.05. The molecule has 142 valence electrons. The molecule has 0 bridgehead atoms. The quantitative estimate of drug-likeness (QED) is 0.399. The zero-order valence-electron chi connectivity index (χ0n) is 16.0. The van der Waals surface area contributed by atoms with Gasteiger partial charge in [0, 0.05) is 26.3 Å². The van der Waals surface area contributed by atoms with Crippen LogP contribution in [0.5, 0.6) is 5.75 Å². The number of aromatic nitrogens is 3. The van der Waals surface area contributed by atoms with E-state index in [4.69, 9.17) is 9.47 Å². The number of guanidine groups is 1. The molecule has 0 unspecified atom stereocenters. The summed E-state index contributed by atoms with van der Waals surface area (Å²) >= 11 is 0. The SMILES string of the molecule is CCOc1ccccc1CN=C(NCCOC)NCc1nnc(C)n1C. The van der Waals surface area contributed by atoms with Crippen molar-refractivity contribution in [2.24, 2.45) is 12.0 Å². The van der Waals surface area contributed by atoms with Gasteiger partial charge in [0.25, 0.3) is 0 Å². The van der Waals surface area contributed by atoms with Crippen molar-refractivity contribution in [2.75, 3.05) is 26.9 Å². The Labute approximate surface area is 154 Å². The molecule has 2 rings (SSSR count). The van der Waals surface area contributed by atoms with Gasteiger partial charge in [-0.1, -0.05) is 18.2 Å². The van der Waals surface area contributed by atoms with Crippen LogP contribution in [0.2, 0.25) is 0 Å². The van der Waals surface area contributed by atoms with Gasteiger partial charge in [0.15, 0.2) is 11.8 Å². The second-order valence-electron chi connectivity index (χ2n) is 5.70. The van der Waals surface area contributed by atoms with Gasteiger partial charge in [-0.3, -0.25) is 0 Å². The van der Waals surface area contributed by atoms with Gasteiger partial charge in [-0.2, -0.15) is 0 Å². The number of aryl methyl sites for hydroxylation is 1. The van der Waals surface area contributed by atoms with Crippen LogP contribution in [0.4, 0.5) is 0 Å². The molecule has 1 aromatic carbocycles. The summed E-state index contributed by atoms with van der Waals surface area (Å²) in [5, 5.41) is 14.8. The van der Waals surface area contributed by atoms with Gasteiger partial charge < -0.3 is 24.7 Å². The summed E-state index contributed by atoms with van der Waals surface area (Å²) in [6.07, 6.45) is 0. The van der Waals surface area contributed by atoms with E-state index in [2.05, 4.69) is 25.8 Å². The van der Waals surface area contributed by atoms with E-state index in [1.54, 1.807) is 7.11 Å². The fourth-order valence-electron chi connectivity index (χ4n) is 2.31. The van der Waals surface area contributed by atoms with E-state index >= 15 is 0 Å². The molecule has 2 N–H and O–H groups in total. The van der Waals surface area contributed by atoms with Crippen molar-refractivity contribution in [1.29, 1.82) is 0 Å². The van der Waals surface area contributed by atoms with Crippen LogP contribution in [0.15, 0.2) is 29.3 Å². The number of hydrogen-bond donors (Lipinski definition) is 2. The highest BCUT2D eigenvalue weighted by Gasteiger charge is 2.07. The lowest BCUT2D eigenvalue weighted by molar-refractivity contribution is 0.203. The number of hydrogen-bond acceptors (Lipinski definition) is 5. The first-order chi connectivity index (χ1) is 12.7. The molecule has 0 aliphatic rings. The Kier molecular flexibility index (Phi) is 7.88. The van der Waals surface area contributed by atoms with E-state index < -0.39 is 0 Å². The predicted octanol–water partition coefficient (Wildman–Crippen LogP) is 1.40. The summed E-state index contributed by atoms with van der Waals surface area (Å²) in [7, 11) is 3.62. The Morgan fingerprint density at radius 1 is 1.23 bits per heavy atom. The maximum atomic E-state index is 5.66. The second kappa shape index (κ2) is 10.4. The van der Waals surface area contributed by atoms with E-state index in [9.17, 15) is 0 Å². The first-order valence-electron chi connectivity index (χ1n) is 8.72. The molecule has 26 heavy (non-hydrogen) atoms. The molecule has 0 amide bonds. The fourth-order valence-corrected chi connectivity index (χ4v) is 2.31. The van der Waals surface area contributed by atoms with Crippen LogP contribution in [-0.2, 0) is 24.9 Å². The molecule has 0 spiro atoms. The van der Waals surface area contributed by atoms with Gasteiger partial charge in [-0.25, -0.2) is 4.99 Å². The fraction of sp³-hybridized carbons (Fsp3) is 0.500. The molecule has 1 heterocycles. The summed E-state index contributed by atoms with van der Waals surface area (Å²) in [4.78, 5) is 4.66. The molecule has 0 radical (unpaired) electrons. The standard InChI is InChI=1S/C18H28N6O2/c1-5-26-16-9-7-6-8-15(16)12-20-18(19-10-11-25-4)21-13-17-23-22-14(2)24(17)3/h6-9H,5,10-13H2,1-4H3,(H2,19,20,21). The average molecular weight is 360 g/mol. The normalized spacial score (nSPS) is 11.5. The maximum absolute atomic E-state index is 5.66. The summed E-state index contributed by atoms with van der Waals surface area (Å²) < 4.78 is 12.7. The van der Waals surface area contributed by atoms with E-state index in [-0.39, 0.29) is 0 Å². The Morgan fingerprint density at radius 3 is 2.73 bits per heavy atom. The summed E-state index contributed by atoms with van der Waals surface area (Å²) in [5.74, 6) is 3.27. The predicted molar refractivity (Wildman–Crippen MR) is 101 cm³/mol. The highest BCUT2D eigenvalue weighted by Crippen LogP contribution is 2.18. The Morgan fingerprint density at radius 2 is 2.04 bits per heavy atom. The topological polar surface area (TPSA) is 85.6 Å². The minimum atomic E-state index is 0.510. The average Bonchev–Trinajstić information content (AvgIpc) is 2.97. The summed E-state index contributed by atoms with van der Waals surface area (Å²) in [6.45, 7) is 6.82. The smallest absolute Gasteiger partial charge is 0.192 e. The van der Waals surface area contributed by atoms with Crippen molar-refractivity contribution in [3.63, 3.8) is 0 Å². The maximum Gasteiger partial charge on any atom is 0.192 e. The van der Waals surface area contributed by atoms with E-state index in [0.29, 0.717) is 38.8 Å². The molecule has 1 aromatic heterocycles. The second-order valence-corrected chi connectivity index (χ2v) is 5.70. The third-order valence-corrected chi connectivity index (χ3v) is 3.88. The van der Waals surface area contributed by atoms with Crippen molar-refractivity contribution >= 4 is 5.96 Å². The lowest BCUT2D eigenvalue weighted by Gasteiger charge is -2.13. The monoisotopic (exact) mass is 360 g/mol. The lowest BCUT2D eigenvalue weighted by atomic mass is 10.2. The highest BCUT2D eigenvalue weighted by atomic mass is 16.5. The van der Waals surface area contributed by atoms with Gasteiger partial charge in [0.2, 0.25) is 0 Å². The van der Waals surface area contributed by atoms with Crippen LogP contribution in [0.25, 0.3) is 0 Å². The third kappa shape index (κ3) is 5.73. The van der Waals surface area contributed by atoms with Gasteiger partial charge in [0.1, 0.15) is 11.6 Å². The number of benzene rings is 1. The number of methoxy groups -OCH3 is 1. The number of para-hydroxylation sites is 1. The minimum absolute atomic E-state index is 0.510. The molecule has 0 saturated carbocycles. The summed E-state index contributed by atoms with van der Waals surface area (Å²) in [5.41, 5.74) is 1.04. The van der Waals surface area contributed by atoms with Gasteiger partial charge >= 0.3 is 0 Å². The first-order valence-corrected chi connectivity index (χ1v) is 8.72. The largest absolute Gasteiger partial charge is 0.494 e. The van der Waals surface area contributed by atoms with Crippen molar-refractivity contribution in [3.8, 4) is 5.75 Å². The molecule has 0 atom stereocenters. The number of rotatable bonds is 9. The van der Waals surface area contributed by atoms with Crippen molar-refractivity contribution < 1.29 is 9.47 Å². The molecule has 0 aliphatic heterocycles. The van der Waals surface area contributed by atoms with E-state index in [0.717, 1.165) is 23.0 Å². The van der Waals surface area contributed by atoms with Crippen LogP contribution >= 0.6 is 0 Å². The van der Waals surface area contributed by atoms with Crippen LogP contribution in [0.1, 0.15) is 24.1 Å². The molecule has 8 heteroatoms. The number of nitrogens with zero attached hydrogens (tertiary/aromatic N) is 4. The minimum Gasteiger partial charge on any atom is -0.494 e. The Hall–Kier alpha value is -2.61. The van der Waals surface area contributed by atoms with Crippen molar-refractivity contribution in [1.82, 2.24) is 25.4 Å². The van der Waals surface area contributed by atoms with Crippen LogP contribution in [0, 0.1) is 6.92 Å². The van der Waals surface area contributed by atoms with Gasteiger partial charge in [0.05, 0.1) is 26.3 Å². The number of ether oxygens (including phenoxy) is 2. The zero-order chi connectivity index (χ0) is 18.8. The molecule has 0 aliphatic carbocycles. The lowest BCUT2D eigenvalue weighted by Crippen LogP contribution is -2.39.